The van der Waals surface area contributed by atoms with Crippen molar-refractivity contribution in [3.05, 3.63) is 0 Å². The Morgan fingerprint density at radius 3 is 1.38 bits per heavy atom. The van der Waals surface area contributed by atoms with Gasteiger partial charge in [0.2, 0.25) is 0 Å². The molecule has 1 radical (unpaired) electrons. The molecule has 0 aliphatic heterocycles. The predicted molar refractivity (Wildman–Crippen MR) is 40.0 cm³/mol. The van der Waals surface area contributed by atoms with Crippen LogP contribution in [0.15, 0.2) is 0 Å². The fourth-order valence-corrected chi connectivity index (χ4v) is 0. The SMILES string of the molecule is CS(=O)(=O)O.I.[Ag].[KH]. The van der Waals surface area contributed by atoms with Crippen LogP contribution < -0.4 is 0 Å². The van der Waals surface area contributed by atoms with Crippen molar-refractivity contribution < 1.29 is 35.4 Å². The molecule has 1 N–H and O–H groups in total. The Bertz CT molecular complexity index is 102. The summed E-state index contributed by atoms with van der Waals surface area (Å²) in [6.07, 6.45) is 0.715. The topological polar surface area (TPSA) is 54.4 Å². The van der Waals surface area contributed by atoms with Crippen LogP contribution >= 0.6 is 24.0 Å². The Kier molecular flexibility index (Phi) is 28.1. The standard InChI is InChI=1S/CH4O3S.Ag.HI.K.H/c1-5(2,3)4;;;;/h1H3,(H,2,3,4);;1H;;. The third-order valence-corrected chi connectivity index (χ3v) is 0. The molecule has 7 heteroatoms. The van der Waals surface area contributed by atoms with Crippen molar-refractivity contribution >= 4 is 85.5 Å². The monoisotopic (exact) mass is 371 g/mol. The van der Waals surface area contributed by atoms with E-state index in [1.807, 2.05) is 0 Å². The molecule has 3 nitrogen and oxygen atoms in total. The van der Waals surface area contributed by atoms with E-state index in [4.69, 9.17) is 4.55 Å². The van der Waals surface area contributed by atoms with Crippen molar-refractivity contribution in [3.63, 3.8) is 0 Å². The second-order valence-corrected chi connectivity index (χ2v) is 2.20. The Labute approximate surface area is 124 Å². The van der Waals surface area contributed by atoms with Gasteiger partial charge in [0.25, 0.3) is 10.1 Å². The van der Waals surface area contributed by atoms with Crippen LogP contribution in [0.3, 0.4) is 0 Å². The summed E-state index contributed by atoms with van der Waals surface area (Å²) in [4.78, 5) is 0. The first-order valence-corrected chi connectivity index (χ1v) is 2.77. The number of rotatable bonds is 0. The second-order valence-electron chi connectivity index (χ2n) is 0.733. The Morgan fingerprint density at radius 2 is 1.38 bits per heavy atom. The van der Waals surface area contributed by atoms with E-state index in [2.05, 4.69) is 0 Å². The molecule has 0 aromatic carbocycles. The van der Waals surface area contributed by atoms with E-state index in [-0.39, 0.29) is 97.7 Å². The van der Waals surface area contributed by atoms with Gasteiger partial charge in [0, 0.05) is 22.4 Å². The van der Waals surface area contributed by atoms with Crippen molar-refractivity contribution in [1.82, 2.24) is 0 Å². The fraction of sp³-hybridized carbons (Fsp3) is 1.00. The number of hydrogen-bond acceptors (Lipinski definition) is 2. The molecule has 0 bridgehead atoms. The Hall–Kier alpha value is 3.02. The maximum absolute atomic E-state index is 9.19. The molecule has 0 spiro atoms. The van der Waals surface area contributed by atoms with Crippen LogP contribution in [0, 0.1) is 0 Å². The maximum atomic E-state index is 9.19. The summed E-state index contributed by atoms with van der Waals surface area (Å²) in [6, 6.07) is 0. The van der Waals surface area contributed by atoms with Crippen LogP contribution in [-0.2, 0) is 32.5 Å². The zero-order valence-electron chi connectivity index (χ0n) is 3.38. The van der Waals surface area contributed by atoms with Gasteiger partial charge < -0.3 is 0 Å². The third-order valence-electron chi connectivity index (χ3n) is 0. The molecule has 0 saturated carbocycles. The minimum absolute atomic E-state index is 0. The molecule has 0 amide bonds. The molecule has 0 aromatic heterocycles. The van der Waals surface area contributed by atoms with E-state index < -0.39 is 10.1 Å². The summed E-state index contributed by atoms with van der Waals surface area (Å²) in [5.74, 6) is 0. The summed E-state index contributed by atoms with van der Waals surface area (Å²) >= 11 is 0. The number of hydrogen-bond donors (Lipinski definition) is 1. The van der Waals surface area contributed by atoms with Crippen LogP contribution in [0.2, 0.25) is 0 Å². The molecule has 0 rings (SSSR count). The van der Waals surface area contributed by atoms with Gasteiger partial charge in [-0.15, -0.1) is 24.0 Å². The molecule has 0 fully saturated rings. The Morgan fingerprint density at radius 1 is 1.38 bits per heavy atom. The van der Waals surface area contributed by atoms with Gasteiger partial charge in [0.15, 0.2) is 0 Å². The van der Waals surface area contributed by atoms with Crippen molar-refractivity contribution in [2.75, 3.05) is 6.26 Å². The van der Waals surface area contributed by atoms with E-state index in [0.717, 1.165) is 0 Å². The van der Waals surface area contributed by atoms with E-state index >= 15 is 0 Å². The van der Waals surface area contributed by atoms with Gasteiger partial charge in [-0.05, 0) is 0 Å². The molecule has 8 heavy (non-hydrogen) atoms. The van der Waals surface area contributed by atoms with Gasteiger partial charge in [0.05, 0.1) is 6.26 Å². The van der Waals surface area contributed by atoms with Crippen LogP contribution in [0.25, 0.3) is 0 Å². The van der Waals surface area contributed by atoms with Crippen LogP contribution in [0.5, 0.6) is 0 Å². The fourth-order valence-electron chi connectivity index (χ4n) is 0. The average Bonchev–Trinajstić information content (AvgIpc) is 0.722. The third kappa shape index (κ3) is 63.7. The van der Waals surface area contributed by atoms with Crippen LogP contribution in [0.4, 0.5) is 0 Å². The van der Waals surface area contributed by atoms with E-state index in [0.29, 0.717) is 6.26 Å². The van der Waals surface area contributed by atoms with Gasteiger partial charge in [-0.25, -0.2) is 0 Å². The van der Waals surface area contributed by atoms with Gasteiger partial charge in [-0.2, -0.15) is 8.42 Å². The summed E-state index contributed by atoms with van der Waals surface area (Å²) in [5.41, 5.74) is 0. The first-order valence-electron chi connectivity index (χ1n) is 0.924. The first-order chi connectivity index (χ1) is 2.00. The van der Waals surface area contributed by atoms with Gasteiger partial charge in [-0.1, -0.05) is 0 Å². The predicted octanol–water partition coefficient (Wildman–Crippen LogP) is -0.529. The molecule has 0 unspecified atom stereocenters. The number of halogens is 1. The molecular weight excluding hydrogens is 366 g/mol. The zero-order valence-corrected chi connectivity index (χ0v) is 8.01. The molecule has 53 valence electrons. The molecular formula is CH6AgIKO3S. The summed E-state index contributed by atoms with van der Waals surface area (Å²) in [7, 11) is -3.67. The van der Waals surface area contributed by atoms with Gasteiger partial charge >= 0.3 is 51.4 Å². The molecule has 0 aliphatic rings. The van der Waals surface area contributed by atoms with Crippen molar-refractivity contribution in [3.8, 4) is 0 Å². The van der Waals surface area contributed by atoms with Crippen LogP contribution in [-0.4, -0.2) is 70.6 Å². The Balaban J connectivity index is -0.0000000267. The quantitative estimate of drug-likeness (QED) is 0.354. The second kappa shape index (κ2) is 10.0. The van der Waals surface area contributed by atoms with Crippen molar-refractivity contribution in [1.29, 1.82) is 0 Å². The van der Waals surface area contributed by atoms with E-state index in [1.54, 1.807) is 0 Å². The molecule has 0 aliphatic carbocycles. The van der Waals surface area contributed by atoms with Crippen molar-refractivity contribution in [2.45, 2.75) is 0 Å². The first kappa shape index (κ1) is 22.5. The normalized spacial score (nSPS) is 7.25. The summed E-state index contributed by atoms with van der Waals surface area (Å²) < 4.78 is 25.9. The zero-order chi connectivity index (χ0) is 4.50. The van der Waals surface area contributed by atoms with E-state index in [1.165, 1.54) is 0 Å². The van der Waals surface area contributed by atoms with E-state index in [9.17, 15) is 8.42 Å². The molecule has 0 atom stereocenters. The summed E-state index contributed by atoms with van der Waals surface area (Å²) in [5, 5.41) is 0. The summed E-state index contributed by atoms with van der Waals surface area (Å²) in [6.45, 7) is 0. The molecule has 0 heterocycles. The molecule has 0 aromatic rings. The molecule has 0 saturated heterocycles. The van der Waals surface area contributed by atoms with Gasteiger partial charge in [-0.3, -0.25) is 4.55 Å². The average molecular weight is 372 g/mol. The van der Waals surface area contributed by atoms with Crippen molar-refractivity contribution in [2.24, 2.45) is 0 Å². The van der Waals surface area contributed by atoms with Crippen LogP contribution in [0.1, 0.15) is 0 Å². The van der Waals surface area contributed by atoms with Gasteiger partial charge in [0.1, 0.15) is 0 Å². The minimum atomic E-state index is -3.67.